The maximum absolute atomic E-state index is 12.8. The molecule has 0 heterocycles. The Labute approximate surface area is 192 Å². The summed E-state index contributed by atoms with van der Waals surface area (Å²) in [6.45, 7) is 2.07. The first-order valence-corrected chi connectivity index (χ1v) is 11.4. The lowest BCUT2D eigenvalue weighted by Crippen LogP contribution is -2.20. The highest BCUT2D eigenvalue weighted by Crippen LogP contribution is 2.30. The Bertz CT molecular complexity index is 1210. The van der Waals surface area contributed by atoms with E-state index < -0.39 is 15.9 Å². The van der Waals surface area contributed by atoms with Crippen LogP contribution in [0.2, 0.25) is 0 Å². The van der Waals surface area contributed by atoms with Gasteiger partial charge in [0.05, 0.1) is 30.0 Å². The number of anilines is 2. The molecule has 0 radical (unpaired) electrons. The van der Waals surface area contributed by atoms with Crippen LogP contribution < -0.4 is 24.2 Å². The van der Waals surface area contributed by atoms with Crippen LogP contribution in [-0.2, 0) is 14.8 Å². The molecule has 3 aromatic carbocycles. The molecule has 0 aliphatic heterocycles. The lowest BCUT2D eigenvalue weighted by Gasteiger charge is -2.13. The minimum absolute atomic E-state index is 0.0711. The molecule has 174 valence electrons. The van der Waals surface area contributed by atoms with Crippen molar-refractivity contribution in [3.63, 3.8) is 0 Å². The number of hydrogen-bond donors (Lipinski definition) is 3. The van der Waals surface area contributed by atoms with Crippen molar-refractivity contribution in [2.75, 3.05) is 30.4 Å². The molecular formula is C23H24N2O7S. The summed E-state index contributed by atoms with van der Waals surface area (Å²) < 4.78 is 44.0. The van der Waals surface area contributed by atoms with E-state index in [1.54, 1.807) is 48.5 Å². The van der Waals surface area contributed by atoms with Crippen molar-refractivity contribution in [3.05, 3.63) is 66.7 Å². The van der Waals surface area contributed by atoms with Crippen LogP contribution in [0.1, 0.15) is 6.92 Å². The molecule has 0 saturated carbocycles. The molecule has 0 fully saturated rings. The van der Waals surface area contributed by atoms with Gasteiger partial charge in [-0.1, -0.05) is 12.1 Å². The third-order valence-electron chi connectivity index (χ3n) is 4.41. The average molecular weight is 473 g/mol. The van der Waals surface area contributed by atoms with Gasteiger partial charge in [-0.15, -0.1) is 0 Å². The molecule has 0 aliphatic rings. The molecule has 3 aromatic rings. The zero-order chi connectivity index (χ0) is 23.8. The second-order valence-electron chi connectivity index (χ2n) is 6.73. The fraction of sp³-hybridized carbons (Fsp3) is 0.174. The number of hydrogen-bond acceptors (Lipinski definition) is 7. The van der Waals surface area contributed by atoms with E-state index in [1.165, 1.54) is 19.2 Å². The van der Waals surface area contributed by atoms with Gasteiger partial charge in [0.15, 0.2) is 6.61 Å². The van der Waals surface area contributed by atoms with E-state index in [9.17, 15) is 18.3 Å². The SMILES string of the molecule is CCOc1ccc(OCC(=O)Nc2cc(S(=O)(=O)Nc3ccccc3OC)ccc2O)cc1. The molecule has 10 heteroatoms. The lowest BCUT2D eigenvalue weighted by molar-refractivity contribution is -0.118. The molecule has 0 spiro atoms. The molecule has 9 nitrogen and oxygen atoms in total. The summed E-state index contributed by atoms with van der Waals surface area (Å²) in [6, 6.07) is 16.8. The van der Waals surface area contributed by atoms with E-state index in [2.05, 4.69) is 10.0 Å². The predicted molar refractivity (Wildman–Crippen MR) is 124 cm³/mol. The van der Waals surface area contributed by atoms with Gasteiger partial charge in [-0.25, -0.2) is 8.42 Å². The van der Waals surface area contributed by atoms with Crippen molar-refractivity contribution in [2.24, 2.45) is 0 Å². The summed E-state index contributed by atoms with van der Waals surface area (Å²) in [5.41, 5.74) is 0.181. The van der Waals surface area contributed by atoms with E-state index in [0.717, 1.165) is 6.07 Å². The highest BCUT2D eigenvalue weighted by Gasteiger charge is 2.19. The van der Waals surface area contributed by atoms with Gasteiger partial charge in [-0.05, 0) is 61.5 Å². The molecule has 0 aliphatic carbocycles. The normalized spacial score (nSPS) is 10.8. The van der Waals surface area contributed by atoms with Crippen molar-refractivity contribution >= 4 is 27.3 Å². The number of ether oxygens (including phenoxy) is 3. The number of sulfonamides is 1. The predicted octanol–water partition coefficient (Wildman–Crippen LogP) is 3.62. The fourth-order valence-corrected chi connectivity index (χ4v) is 3.95. The number of phenols is 1. The number of carbonyl (C=O) groups is 1. The maximum Gasteiger partial charge on any atom is 0.262 e. The molecule has 3 rings (SSSR count). The van der Waals surface area contributed by atoms with Gasteiger partial charge in [0.2, 0.25) is 0 Å². The number of amides is 1. The molecular weight excluding hydrogens is 448 g/mol. The summed E-state index contributed by atoms with van der Waals surface area (Å²) in [5, 5.41) is 12.5. The van der Waals surface area contributed by atoms with Gasteiger partial charge in [-0.2, -0.15) is 0 Å². The third-order valence-corrected chi connectivity index (χ3v) is 5.77. The zero-order valence-electron chi connectivity index (χ0n) is 18.1. The van der Waals surface area contributed by atoms with Crippen molar-refractivity contribution in [3.8, 4) is 23.0 Å². The van der Waals surface area contributed by atoms with E-state index in [1.807, 2.05) is 6.92 Å². The van der Waals surface area contributed by atoms with Crippen LogP contribution in [0.5, 0.6) is 23.0 Å². The van der Waals surface area contributed by atoms with Crippen LogP contribution in [0, 0.1) is 0 Å². The van der Waals surface area contributed by atoms with E-state index >= 15 is 0 Å². The van der Waals surface area contributed by atoms with Crippen LogP contribution in [0.15, 0.2) is 71.6 Å². The molecule has 33 heavy (non-hydrogen) atoms. The topological polar surface area (TPSA) is 123 Å². The highest BCUT2D eigenvalue weighted by atomic mass is 32.2. The number of carbonyl (C=O) groups excluding carboxylic acids is 1. The smallest absolute Gasteiger partial charge is 0.262 e. The number of aromatic hydroxyl groups is 1. The Hall–Kier alpha value is -3.92. The Morgan fingerprint density at radius 3 is 2.27 bits per heavy atom. The van der Waals surface area contributed by atoms with E-state index in [0.29, 0.717) is 23.9 Å². The Balaban J connectivity index is 1.68. The van der Waals surface area contributed by atoms with Crippen LogP contribution >= 0.6 is 0 Å². The average Bonchev–Trinajstić information content (AvgIpc) is 2.80. The number of para-hydroxylation sites is 2. The molecule has 0 bridgehead atoms. The monoisotopic (exact) mass is 472 g/mol. The number of rotatable bonds is 10. The Kier molecular flexibility index (Phi) is 7.62. The number of nitrogens with one attached hydrogen (secondary N) is 2. The van der Waals surface area contributed by atoms with Crippen LogP contribution in [0.25, 0.3) is 0 Å². The quantitative estimate of drug-likeness (QED) is 0.385. The van der Waals surface area contributed by atoms with E-state index in [-0.39, 0.29) is 28.6 Å². The van der Waals surface area contributed by atoms with Crippen molar-refractivity contribution in [1.82, 2.24) is 0 Å². The largest absolute Gasteiger partial charge is 0.506 e. The number of methoxy groups -OCH3 is 1. The van der Waals surface area contributed by atoms with Gasteiger partial charge < -0.3 is 24.6 Å². The standard InChI is InChI=1S/C23H24N2O7S/c1-3-31-16-8-10-17(11-9-16)32-15-23(27)24-20-14-18(12-13-21(20)26)33(28,29)25-19-6-4-5-7-22(19)30-2/h4-14,25-26H,3,15H2,1-2H3,(H,24,27). The molecule has 0 unspecified atom stereocenters. The van der Waals surface area contributed by atoms with Crippen molar-refractivity contribution < 1.29 is 32.5 Å². The van der Waals surface area contributed by atoms with E-state index in [4.69, 9.17) is 14.2 Å². The molecule has 0 saturated heterocycles. The summed E-state index contributed by atoms with van der Waals surface area (Å²) in [6.07, 6.45) is 0. The molecule has 1 amide bonds. The van der Waals surface area contributed by atoms with Gasteiger partial charge in [0, 0.05) is 0 Å². The fourth-order valence-electron chi connectivity index (χ4n) is 2.85. The Morgan fingerprint density at radius 1 is 0.939 bits per heavy atom. The highest BCUT2D eigenvalue weighted by molar-refractivity contribution is 7.92. The van der Waals surface area contributed by atoms with Crippen LogP contribution in [0.4, 0.5) is 11.4 Å². The van der Waals surface area contributed by atoms with Gasteiger partial charge in [-0.3, -0.25) is 9.52 Å². The summed E-state index contributed by atoms with van der Waals surface area (Å²) in [7, 11) is -2.59. The molecule has 0 atom stereocenters. The van der Waals surface area contributed by atoms with Crippen LogP contribution in [0.3, 0.4) is 0 Å². The first kappa shape index (κ1) is 23.7. The first-order chi connectivity index (χ1) is 15.8. The minimum atomic E-state index is -4.02. The third kappa shape index (κ3) is 6.30. The van der Waals surface area contributed by atoms with Gasteiger partial charge in [0.1, 0.15) is 23.0 Å². The number of benzene rings is 3. The number of phenolic OH excluding ortho intramolecular Hbond substituents is 1. The van der Waals surface area contributed by atoms with Crippen molar-refractivity contribution in [2.45, 2.75) is 11.8 Å². The first-order valence-electron chi connectivity index (χ1n) is 9.96. The lowest BCUT2D eigenvalue weighted by atomic mass is 10.3. The molecule has 3 N–H and O–H groups in total. The van der Waals surface area contributed by atoms with Gasteiger partial charge >= 0.3 is 0 Å². The summed E-state index contributed by atoms with van der Waals surface area (Å²) >= 11 is 0. The molecule has 0 aromatic heterocycles. The Morgan fingerprint density at radius 2 is 1.61 bits per heavy atom. The zero-order valence-corrected chi connectivity index (χ0v) is 18.9. The van der Waals surface area contributed by atoms with Crippen molar-refractivity contribution in [1.29, 1.82) is 0 Å². The maximum atomic E-state index is 12.8. The second kappa shape index (κ2) is 10.6. The summed E-state index contributed by atoms with van der Waals surface area (Å²) in [4.78, 5) is 12.1. The van der Waals surface area contributed by atoms with Gasteiger partial charge in [0.25, 0.3) is 15.9 Å². The second-order valence-corrected chi connectivity index (χ2v) is 8.41. The summed E-state index contributed by atoms with van der Waals surface area (Å²) in [5.74, 6) is 0.612. The minimum Gasteiger partial charge on any atom is -0.506 e. The van der Waals surface area contributed by atoms with Crippen LogP contribution in [-0.4, -0.2) is 39.8 Å².